The fourth-order valence-electron chi connectivity index (χ4n) is 1.83. The first-order valence-corrected chi connectivity index (χ1v) is 6.86. The van der Waals surface area contributed by atoms with Crippen molar-refractivity contribution in [3.05, 3.63) is 29.8 Å². The lowest BCUT2D eigenvalue weighted by Gasteiger charge is -2.05. The van der Waals surface area contributed by atoms with Crippen molar-refractivity contribution in [2.24, 2.45) is 5.73 Å². The van der Waals surface area contributed by atoms with Crippen molar-refractivity contribution < 1.29 is 9.53 Å². The molecule has 3 N–H and O–H groups in total. The molecule has 1 aromatic rings. The number of hydrogen-bond donors (Lipinski definition) is 2. The molecule has 0 heterocycles. The zero-order valence-corrected chi connectivity index (χ0v) is 12.9. The third-order valence-electron chi connectivity index (χ3n) is 2.98. The molecule has 20 heavy (non-hydrogen) atoms. The summed E-state index contributed by atoms with van der Waals surface area (Å²) in [6.45, 7) is 1.42. The number of benzene rings is 1. The van der Waals surface area contributed by atoms with Crippen LogP contribution in [0, 0.1) is 0 Å². The van der Waals surface area contributed by atoms with E-state index < -0.39 is 0 Å². The van der Waals surface area contributed by atoms with Crippen LogP contribution in [0.2, 0.25) is 0 Å². The van der Waals surface area contributed by atoms with Crippen LogP contribution in [-0.2, 0) is 11.2 Å². The average molecular weight is 301 g/mol. The summed E-state index contributed by atoms with van der Waals surface area (Å²) in [7, 11) is 1.66. The maximum atomic E-state index is 11.5. The van der Waals surface area contributed by atoms with E-state index in [4.69, 9.17) is 10.5 Å². The summed E-state index contributed by atoms with van der Waals surface area (Å²) < 4.78 is 5.10. The SMILES string of the molecule is COc1ccc(CCCC(=O)NCCCCN)cc1.Cl. The number of halogens is 1. The third-order valence-corrected chi connectivity index (χ3v) is 2.98. The third kappa shape index (κ3) is 8.02. The molecule has 1 amide bonds. The predicted octanol–water partition coefficient (Wildman–Crippen LogP) is 2.29. The lowest BCUT2D eigenvalue weighted by Crippen LogP contribution is -2.24. The minimum absolute atomic E-state index is 0. The van der Waals surface area contributed by atoms with Gasteiger partial charge in [0.15, 0.2) is 0 Å². The van der Waals surface area contributed by atoms with E-state index in [1.165, 1.54) is 5.56 Å². The molecule has 0 unspecified atom stereocenters. The Bertz CT molecular complexity index is 369. The van der Waals surface area contributed by atoms with Crippen LogP contribution in [-0.4, -0.2) is 26.1 Å². The van der Waals surface area contributed by atoms with E-state index in [1.54, 1.807) is 7.11 Å². The van der Waals surface area contributed by atoms with Crippen LogP contribution < -0.4 is 15.8 Å². The van der Waals surface area contributed by atoms with E-state index in [2.05, 4.69) is 5.32 Å². The molecule has 0 aliphatic rings. The van der Waals surface area contributed by atoms with Crippen molar-refractivity contribution in [1.29, 1.82) is 0 Å². The number of aryl methyl sites for hydroxylation is 1. The van der Waals surface area contributed by atoms with Gasteiger partial charge in [0.05, 0.1) is 7.11 Å². The number of carbonyl (C=O) groups excluding carboxylic acids is 1. The highest BCUT2D eigenvalue weighted by molar-refractivity contribution is 5.85. The molecule has 114 valence electrons. The fourth-order valence-corrected chi connectivity index (χ4v) is 1.83. The first-order chi connectivity index (χ1) is 9.26. The van der Waals surface area contributed by atoms with E-state index in [-0.39, 0.29) is 18.3 Å². The van der Waals surface area contributed by atoms with E-state index in [0.29, 0.717) is 13.0 Å². The van der Waals surface area contributed by atoms with Crippen molar-refractivity contribution in [3.63, 3.8) is 0 Å². The zero-order chi connectivity index (χ0) is 13.9. The quantitative estimate of drug-likeness (QED) is 0.688. The van der Waals surface area contributed by atoms with E-state index in [9.17, 15) is 4.79 Å². The van der Waals surface area contributed by atoms with Gasteiger partial charge < -0.3 is 15.8 Å². The minimum atomic E-state index is 0. The van der Waals surface area contributed by atoms with E-state index >= 15 is 0 Å². The van der Waals surface area contributed by atoms with E-state index in [1.807, 2.05) is 24.3 Å². The van der Waals surface area contributed by atoms with Crippen LogP contribution in [0.15, 0.2) is 24.3 Å². The molecule has 0 aromatic heterocycles. The molecule has 5 heteroatoms. The Balaban J connectivity index is 0.00000361. The van der Waals surface area contributed by atoms with Crippen LogP contribution in [0.5, 0.6) is 5.75 Å². The van der Waals surface area contributed by atoms with Gasteiger partial charge in [0.1, 0.15) is 5.75 Å². The second-order valence-electron chi connectivity index (χ2n) is 4.55. The number of amides is 1. The monoisotopic (exact) mass is 300 g/mol. The average Bonchev–Trinajstić information content (AvgIpc) is 2.44. The summed E-state index contributed by atoms with van der Waals surface area (Å²) in [5, 5.41) is 2.91. The van der Waals surface area contributed by atoms with Gasteiger partial charge in [0, 0.05) is 13.0 Å². The molecule has 0 bridgehead atoms. The molecule has 4 nitrogen and oxygen atoms in total. The second-order valence-corrected chi connectivity index (χ2v) is 4.55. The van der Waals surface area contributed by atoms with Gasteiger partial charge in [-0.15, -0.1) is 12.4 Å². The molecule has 0 saturated heterocycles. The van der Waals surface area contributed by atoms with Gasteiger partial charge in [-0.1, -0.05) is 12.1 Å². The molecule has 0 fully saturated rings. The molecule has 1 aromatic carbocycles. The van der Waals surface area contributed by atoms with Crippen LogP contribution in [0.4, 0.5) is 0 Å². The highest BCUT2D eigenvalue weighted by Gasteiger charge is 2.01. The predicted molar refractivity (Wildman–Crippen MR) is 84.5 cm³/mol. The standard InChI is InChI=1S/C15H24N2O2.ClH/c1-19-14-9-7-13(8-10-14)5-4-6-15(18)17-12-3-2-11-16;/h7-10H,2-6,11-12,16H2,1H3,(H,17,18);1H. The number of methoxy groups -OCH3 is 1. The zero-order valence-electron chi connectivity index (χ0n) is 12.1. The first kappa shape index (κ1) is 18.7. The molecule has 0 saturated carbocycles. The maximum absolute atomic E-state index is 11.5. The lowest BCUT2D eigenvalue weighted by atomic mass is 10.1. The highest BCUT2D eigenvalue weighted by atomic mass is 35.5. The molecule has 1 rings (SSSR count). The van der Waals surface area contributed by atoms with Gasteiger partial charge in [-0.25, -0.2) is 0 Å². The van der Waals surface area contributed by atoms with Crippen LogP contribution >= 0.6 is 12.4 Å². The van der Waals surface area contributed by atoms with E-state index in [0.717, 1.165) is 38.0 Å². The number of nitrogens with two attached hydrogens (primary N) is 1. The normalized spacial score (nSPS) is 9.70. The van der Waals surface area contributed by atoms with Crippen molar-refractivity contribution in [2.75, 3.05) is 20.2 Å². The first-order valence-electron chi connectivity index (χ1n) is 6.86. The van der Waals surface area contributed by atoms with Crippen LogP contribution in [0.25, 0.3) is 0 Å². The molecule has 0 radical (unpaired) electrons. The Morgan fingerprint density at radius 3 is 2.50 bits per heavy atom. The van der Waals surface area contributed by atoms with Gasteiger partial charge >= 0.3 is 0 Å². The Morgan fingerprint density at radius 2 is 1.90 bits per heavy atom. The lowest BCUT2D eigenvalue weighted by molar-refractivity contribution is -0.121. The van der Waals surface area contributed by atoms with Gasteiger partial charge in [-0.3, -0.25) is 4.79 Å². The summed E-state index contributed by atoms with van der Waals surface area (Å²) >= 11 is 0. The Kier molecular flexibility index (Phi) is 10.8. The fraction of sp³-hybridized carbons (Fsp3) is 0.533. The number of unbranched alkanes of at least 4 members (excludes halogenated alkanes) is 1. The molecule has 0 aliphatic carbocycles. The van der Waals surface area contributed by atoms with Gasteiger partial charge in [-0.2, -0.15) is 0 Å². The Labute approximate surface area is 127 Å². The Morgan fingerprint density at radius 1 is 1.20 bits per heavy atom. The smallest absolute Gasteiger partial charge is 0.220 e. The molecule has 0 spiro atoms. The van der Waals surface area contributed by atoms with Gasteiger partial charge in [0.25, 0.3) is 0 Å². The van der Waals surface area contributed by atoms with Crippen molar-refractivity contribution >= 4 is 18.3 Å². The largest absolute Gasteiger partial charge is 0.497 e. The van der Waals surface area contributed by atoms with Crippen molar-refractivity contribution in [3.8, 4) is 5.75 Å². The highest BCUT2D eigenvalue weighted by Crippen LogP contribution is 2.13. The van der Waals surface area contributed by atoms with Crippen LogP contribution in [0.3, 0.4) is 0 Å². The number of rotatable bonds is 9. The number of ether oxygens (including phenoxy) is 1. The molecular formula is C15H25ClN2O2. The number of hydrogen-bond acceptors (Lipinski definition) is 3. The topological polar surface area (TPSA) is 64.3 Å². The number of carbonyl (C=O) groups is 1. The Hall–Kier alpha value is -1.26. The van der Waals surface area contributed by atoms with Crippen molar-refractivity contribution in [1.82, 2.24) is 5.32 Å². The maximum Gasteiger partial charge on any atom is 0.220 e. The summed E-state index contributed by atoms with van der Waals surface area (Å²) in [6.07, 6.45) is 4.29. The van der Waals surface area contributed by atoms with Gasteiger partial charge in [0.2, 0.25) is 5.91 Å². The van der Waals surface area contributed by atoms with Crippen molar-refractivity contribution in [2.45, 2.75) is 32.1 Å². The van der Waals surface area contributed by atoms with Crippen LogP contribution in [0.1, 0.15) is 31.2 Å². The summed E-state index contributed by atoms with van der Waals surface area (Å²) in [4.78, 5) is 11.5. The molecule has 0 atom stereocenters. The summed E-state index contributed by atoms with van der Waals surface area (Å²) in [5.74, 6) is 0.993. The molecule has 0 aliphatic heterocycles. The summed E-state index contributed by atoms with van der Waals surface area (Å²) in [6, 6.07) is 7.97. The summed E-state index contributed by atoms with van der Waals surface area (Å²) in [5.41, 5.74) is 6.62. The second kappa shape index (κ2) is 11.6. The van der Waals surface area contributed by atoms with Gasteiger partial charge in [-0.05, 0) is 49.9 Å². The number of nitrogens with one attached hydrogen (secondary N) is 1. The molecular weight excluding hydrogens is 276 g/mol. The minimum Gasteiger partial charge on any atom is -0.497 e.